The second kappa shape index (κ2) is 8.66. The molecule has 1 aliphatic rings. The van der Waals surface area contributed by atoms with E-state index in [4.69, 9.17) is 16.3 Å². The summed E-state index contributed by atoms with van der Waals surface area (Å²) in [6, 6.07) is 10.9. The lowest BCUT2D eigenvalue weighted by Gasteiger charge is -2.18. The molecule has 0 radical (unpaired) electrons. The van der Waals surface area contributed by atoms with Crippen LogP contribution in [-0.4, -0.2) is 30.9 Å². The van der Waals surface area contributed by atoms with Crippen molar-refractivity contribution in [1.29, 1.82) is 0 Å². The molecule has 1 saturated heterocycles. The Morgan fingerprint density at radius 1 is 1.17 bits per heavy atom. The van der Waals surface area contributed by atoms with Gasteiger partial charge in [-0.1, -0.05) is 41.4 Å². The Kier molecular flexibility index (Phi) is 6.23. The van der Waals surface area contributed by atoms with Gasteiger partial charge < -0.3 is 15.0 Å². The predicted octanol–water partition coefficient (Wildman–Crippen LogP) is 3.80. The van der Waals surface area contributed by atoms with E-state index in [0.717, 1.165) is 22.4 Å². The number of halogens is 1. The summed E-state index contributed by atoms with van der Waals surface area (Å²) in [7, 11) is 0. The summed E-state index contributed by atoms with van der Waals surface area (Å²) >= 11 is 6.15. The van der Waals surface area contributed by atoms with Crippen LogP contribution in [0.1, 0.15) is 23.1 Å². The number of hydrogen-bond acceptors (Lipinski definition) is 4. The van der Waals surface area contributed by atoms with Crippen LogP contribution in [-0.2, 0) is 19.1 Å². The van der Waals surface area contributed by atoms with Crippen LogP contribution < -0.4 is 10.2 Å². The molecule has 152 valence electrons. The normalized spacial score (nSPS) is 16.1. The van der Waals surface area contributed by atoms with Crippen LogP contribution >= 0.6 is 11.6 Å². The van der Waals surface area contributed by atoms with Crippen LogP contribution in [0.25, 0.3) is 0 Å². The fourth-order valence-corrected chi connectivity index (χ4v) is 3.81. The van der Waals surface area contributed by atoms with Crippen molar-refractivity contribution in [2.24, 2.45) is 5.92 Å². The second-order valence-electron chi connectivity index (χ2n) is 7.29. The number of nitrogens with zero attached hydrogens (tertiary/aromatic N) is 1. The zero-order valence-electron chi connectivity index (χ0n) is 16.6. The van der Waals surface area contributed by atoms with Crippen molar-refractivity contribution in [2.75, 3.05) is 23.4 Å². The largest absolute Gasteiger partial charge is 0.455 e. The van der Waals surface area contributed by atoms with E-state index >= 15 is 0 Å². The summed E-state index contributed by atoms with van der Waals surface area (Å²) in [6.07, 6.45) is 0.0296. The van der Waals surface area contributed by atoms with Gasteiger partial charge in [-0.15, -0.1) is 0 Å². The molecule has 0 unspecified atom stereocenters. The molecule has 1 aliphatic heterocycles. The number of carbonyl (C=O) groups excluding carboxylic acids is 3. The van der Waals surface area contributed by atoms with E-state index in [1.807, 2.05) is 32.9 Å². The monoisotopic (exact) mass is 414 g/mol. The topological polar surface area (TPSA) is 75.7 Å². The molecule has 0 aromatic heterocycles. The molecule has 1 fully saturated rings. The van der Waals surface area contributed by atoms with Crippen molar-refractivity contribution in [3.63, 3.8) is 0 Å². The third-order valence-corrected chi connectivity index (χ3v) is 5.21. The van der Waals surface area contributed by atoms with E-state index in [9.17, 15) is 14.4 Å². The van der Waals surface area contributed by atoms with Gasteiger partial charge in [-0.05, 0) is 44.0 Å². The van der Waals surface area contributed by atoms with Crippen molar-refractivity contribution in [1.82, 2.24) is 0 Å². The highest BCUT2D eigenvalue weighted by atomic mass is 35.5. The van der Waals surface area contributed by atoms with E-state index in [0.29, 0.717) is 10.7 Å². The van der Waals surface area contributed by atoms with Crippen molar-refractivity contribution < 1.29 is 19.1 Å². The standard InChI is InChI=1S/C22H23ClN2O4/c1-13-8-14(2)21(15(3)9-13)24-19(26)12-29-22(28)16-10-20(27)25(11-16)18-7-5-4-6-17(18)23/h4-9,16H,10-12H2,1-3H3,(H,24,26)/t16-/m0/s1. The van der Waals surface area contributed by atoms with Gasteiger partial charge in [-0.2, -0.15) is 0 Å². The number of nitrogens with one attached hydrogen (secondary N) is 1. The Balaban J connectivity index is 1.57. The summed E-state index contributed by atoms with van der Waals surface area (Å²) in [5.74, 6) is -1.81. The number of benzene rings is 2. The molecule has 2 aromatic carbocycles. The molecule has 7 heteroatoms. The number of amides is 2. The Morgan fingerprint density at radius 3 is 2.48 bits per heavy atom. The summed E-state index contributed by atoms with van der Waals surface area (Å²) in [6.45, 7) is 5.59. The van der Waals surface area contributed by atoms with Gasteiger partial charge in [0.15, 0.2) is 6.61 Å². The number of esters is 1. The molecule has 0 saturated carbocycles. The molecule has 0 aliphatic carbocycles. The number of carbonyl (C=O) groups is 3. The highest BCUT2D eigenvalue weighted by Crippen LogP contribution is 2.31. The molecule has 2 aromatic rings. The zero-order valence-corrected chi connectivity index (χ0v) is 17.4. The Hall–Kier alpha value is -2.86. The smallest absolute Gasteiger partial charge is 0.311 e. The number of anilines is 2. The van der Waals surface area contributed by atoms with Gasteiger partial charge in [-0.3, -0.25) is 14.4 Å². The van der Waals surface area contributed by atoms with Gasteiger partial charge in [0.2, 0.25) is 5.91 Å². The minimum absolute atomic E-state index is 0.0296. The van der Waals surface area contributed by atoms with Gasteiger partial charge in [0.1, 0.15) is 0 Å². The maximum Gasteiger partial charge on any atom is 0.311 e. The lowest BCUT2D eigenvalue weighted by Crippen LogP contribution is -2.28. The maximum absolute atomic E-state index is 12.4. The van der Waals surface area contributed by atoms with Crippen LogP contribution in [0.4, 0.5) is 11.4 Å². The van der Waals surface area contributed by atoms with Crippen molar-refractivity contribution in [2.45, 2.75) is 27.2 Å². The number of ether oxygens (including phenoxy) is 1. The van der Waals surface area contributed by atoms with Gasteiger partial charge in [0, 0.05) is 18.7 Å². The molecule has 1 heterocycles. The lowest BCUT2D eigenvalue weighted by molar-refractivity contribution is -0.151. The third-order valence-electron chi connectivity index (χ3n) is 4.89. The molecule has 0 bridgehead atoms. The summed E-state index contributed by atoms with van der Waals surface area (Å²) in [4.78, 5) is 38.4. The quantitative estimate of drug-likeness (QED) is 0.755. The molecule has 29 heavy (non-hydrogen) atoms. The fraction of sp³-hybridized carbons (Fsp3) is 0.318. The van der Waals surface area contributed by atoms with E-state index in [-0.39, 0.29) is 18.9 Å². The predicted molar refractivity (Wildman–Crippen MR) is 112 cm³/mol. The Morgan fingerprint density at radius 2 is 1.83 bits per heavy atom. The lowest BCUT2D eigenvalue weighted by atomic mass is 10.1. The number of para-hydroxylation sites is 1. The molecule has 6 nitrogen and oxygen atoms in total. The Bertz CT molecular complexity index is 950. The van der Waals surface area contributed by atoms with Crippen LogP contribution in [0.3, 0.4) is 0 Å². The van der Waals surface area contributed by atoms with E-state index in [1.54, 1.807) is 24.3 Å². The fourth-order valence-electron chi connectivity index (χ4n) is 3.58. The maximum atomic E-state index is 12.4. The van der Waals surface area contributed by atoms with Crippen molar-refractivity contribution >= 4 is 40.8 Å². The second-order valence-corrected chi connectivity index (χ2v) is 7.69. The number of rotatable bonds is 5. The first kappa shape index (κ1) is 20.9. The molecule has 0 spiro atoms. The first-order chi connectivity index (χ1) is 13.8. The number of aryl methyl sites for hydroxylation is 3. The minimum Gasteiger partial charge on any atom is -0.455 e. The third kappa shape index (κ3) is 4.77. The first-order valence-electron chi connectivity index (χ1n) is 9.35. The highest BCUT2D eigenvalue weighted by Gasteiger charge is 2.37. The van der Waals surface area contributed by atoms with Gasteiger partial charge >= 0.3 is 5.97 Å². The average molecular weight is 415 g/mol. The average Bonchev–Trinajstić information content (AvgIpc) is 3.04. The highest BCUT2D eigenvalue weighted by molar-refractivity contribution is 6.33. The zero-order chi connectivity index (χ0) is 21.1. The molecular weight excluding hydrogens is 392 g/mol. The molecule has 1 N–H and O–H groups in total. The van der Waals surface area contributed by atoms with Gasteiger partial charge in [-0.25, -0.2) is 0 Å². The molecule has 1 atom stereocenters. The molecule has 2 amide bonds. The van der Waals surface area contributed by atoms with Gasteiger partial charge in [0.05, 0.1) is 16.6 Å². The van der Waals surface area contributed by atoms with Crippen LogP contribution in [0.15, 0.2) is 36.4 Å². The summed E-state index contributed by atoms with van der Waals surface area (Å²) < 4.78 is 5.16. The van der Waals surface area contributed by atoms with E-state index < -0.39 is 24.4 Å². The first-order valence-corrected chi connectivity index (χ1v) is 9.73. The Labute approximate surface area is 174 Å². The molecular formula is C22H23ClN2O4. The van der Waals surface area contributed by atoms with E-state index in [2.05, 4.69) is 5.32 Å². The van der Waals surface area contributed by atoms with Gasteiger partial charge in [0.25, 0.3) is 5.91 Å². The molecule has 3 rings (SSSR count). The van der Waals surface area contributed by atoms with Crippen molar-refractivity contribution in [3.8, 4) is 0 Å². The summed E-state index contributed by atoms with van der Waals surface area (Å²) in [5.41, 5.74) is 4.28. The SMILES string of the molecule is Cc1cc(C)c(NC(=O)COC(=O)[C@H]2CC(=O)N(c3ccccc3Cl)C2)c(C)c1. The van der Waals surface area contributed by atoms with Crippen LogP contribution in [0.5, 0.6) is 0 Å². The van der Waals surface area contributed by atoms with Crippen molar-refractivity contribution in [3.05, 3.63) is 58.1 Å². The minimum atomic E-state index is -0.630. The van der Waals surface area contributed by atoms with E-state index in [1.165, 1.54) is 4.90 Å². The van der Waals surface area contributed by atoms with Crippen LogP contribution in [0, 0.1) is 26.7 Å². The number of hydrogen-bond donors (Lipinski definition) is 1. The van der Waals surface area contributed by atoms with Crippen LogP contribution in [0.2, 0.25) is 5.02 Å². The summed E-state index contributed by atoms with van der Waals surface area (Å²) in [5, 5.41) is 3.23.